The molecule has 0 spiro atoms. The third kappa shape index (κ3) is 26.7. The zero-order chi connectivity index (χ0) is 39.5. The quantitative estimate of drug-likeness (QED) is 0.0269. The van der Waals surface area contributed by atoms with Crippen LogP contribution in [0.25, 0.3) is 0 Å². The van der Waals surface area contributed by atoms with Crippen LogP contribution < -0.4 is 5.32 Å². The van der Waals surface area contributed by atoms with E-state index in [2.05, 4.69) is 19.2 Å². The van der Waals surface area contributed by atoms with Crippen LogP contribution in [0.2, 0.25) is 0 Å². The third-order valence-corrected chi connectivity index (χ3v) is 11.1. The molecule has 0 aliphatic carbocycles. The van der Waals surface area contributed by atoms with E-state index in [1.54, 1.807) is 6.08 Å². The highest BCUT2D eigenvalue weighted by molar-refractivity contribution is 5.76. The largest absolute Gasteiger partial charge is 0.394 e. The number of hydrogen-bond acceptors (Lipinski definition) is 8. The molecule has 54 heavy (non-hydrogen) atoms. The first kappa shape index (κ1) is 50.9. The van der Waals surface area contributed by atoms with Crippen molar-refractivity contribution in [1.82, 2.24) is 5.32 Å². The molecule has 1 rings (SSSR count). The number of aliphatic hydroxyl groups is 5. The molecule has 320 valence electrons. The van der Waals surface area contributed by atoms with Gasteiger partial charge in [-0.05, 0) is 19.3 Å². The van der Waals surface area contributed by atoms with E-state index in [-0.39, 0.29) is 12.5 Å². The number of rotatable bonds is 38. The first-order chi connectivity index (χ1) is 26.3. The molecule has 9 heteroatoms. The molecular formula is C45H87NO8. The van der Waals surface area contributed by atoms with Crippen molar-refractivity contribution < 1.29 is 39.8 Å². The van der Waals surface area contributed by atoms with Crippen LogP contribution >= 0.6 is 0 Å². The van der Waals surface area contributed by atoms with Crippen molar-refractivity contribution in [2.24, 2.45) is 0 Å². The van der Waals surface area contributed by atoms with E-state index in [1.807, 2.05) is 6.08 Å². The standard InChI is InChI=1S/C45H87NO8/c1-3-5-7-9-11-13-15-17-18-19-20-21-22-23-25-27-29-31-33-35-41(49)46-38(37-53-45-44(52)43(51)42(50)40(36-47)54-45)39(48)34-32-30-28-26-24-16-14-12-10-8-6-4-2/h32,34,38-40,42-45,47-48,50-52H,3-31,33,35-37H2,1-2H3,(H,46,49)/b34-32+. The van der Waals surface area contributed by atoms with Gasteiger partial charge in [-0.25, -0.2) is 0 Å². The van der Waals surface area contributed by atoms with E-state index in [0.29, 0.717) is 6.42 Å². The Morgan fingerprint density at radius 3 is 1.44 bits per heavy atom. The van der Waals surface area contributed by atoms with Gasteiger partial charge in [0, 0.05) is 6.42 Å². The van der Waals surface area contributed by atoms with Crippen LogP contribution in [-0.4, -0.2) is 87.5 Å². The molecule has 1 aliphatic rings. The average Bonchev–Trinajstić information content (AvgIpc) is 3.17. The van der Waals surface area contributed by atoms with Crippen LogP contribution in [0.5, 0.6) is 0 Å². The number of amides is 1. The molecule has 7 atom stereocenters. The Labute approximate surface area is 331 Å². The number of nitrogens with one attached hydrogen (secondary N) is 1. The summed E-state index contributed by atoms with van der Waals surface area (Å²) in [5.41, 5.74) is 0. The van der Waals surface area contributed by atoms with Gasteiger partial charge in [0.15, 0.2) is 6.29 Å². The fourth-order valence-corrected chi connectivity index (χ4v) is 7.39. The fraction of sp³-hybridized carbons (Fsp3) is 0.933. The van der Waals surface area contributed by atoms with Crippen molar-refractivity contribution in [3.8, 4) is 0 Å². The average molecular weight is 770 g/mol. The lowest BCUT2D eigenvalue weighted by Gasteiger charge is -2.40. The Hall–Kier alpha value is -1.07. The molecular weight excluding hydrogens is 682 g/mol. The monoisotopic (exact) mass is 770 g/mol. The SMILES string of the molecule is CCCCCCCCCCCC/C=C/C(O)C(COC1OC(CO)C(O)C(O)C1O)NC(=O)CCCCCCCCCCCCCCCCCCCCC. The molecule has 1 heterocycles. The highest BCUT2D eigenvalue weighted by atomic mass is 16.7. The van der Waals surface area contributed by atoms with Crippen LogP contribution in [0, 0.1) is 0 Å². The van der Waals surface area contributed by atoms with Gasteiger partial charge in [-0.2, -0.15) is 0 Å². The molecule has 0 bridgehead atoms. The third-order valence-electron chi connectivity index (χ3n) is 11.1. The van der Waals surface area contributed by atoms with Gasteiger partial charge in [0.2, 0.25) is 5.91 Å². The van der Waals surface area contributed by atoms with Crippen LogP contribution in [0.4, 0.5) is 0 Å². The van der Waals surface area contributed by atoms with Crippen molar-refractivity contribution in [2.45, 2.75) is 256 Å². The van der Waals surface area contributed by atoms with E-state index in [9.17, 15) is 30.3 Å². The summed E-state index contributed by atoms with van der Waals surface area (Å²) in [6, 6.07) is -0.797. The second-order valence-corrected chi connectivity index (χ2v) is 16.2. The number of allylic oxidation sites excluding steroid dienone is 1. The number of hydrogen-bond donors (Lipinski definition) is 6. The summed E-state index contributed by atoms with van der Waals surface area (Å²) >= 11 is 0. The highest BCUT2D eigenvalue weighted by Crippen LogP contribution is 2.23. The summed E-state index contributed by atoms with van der Waals surface area (Å²) in [6.07, 6.45) is 34.0. The first-order valence-corrected chi connectivity index (χ1v) is 22.9. The smallest absolute Gasteiger partial charge is 0.220 e. The zero-order valence-corrected chi connectivity index (χ0v) is 35.0. The Balaban J connectivity index is 2.31. The van der Waals surface area contributed by atoms with Crippen LogP contribution in [0.15, 0.2) is 12.2 Å². The molecule has 0 aromatic heterocycles. The lowest BCUT2D eigenvalue weighted by molar-refractivity contribution is -0.302. The summed E-state index contributed by atoms with van der Waals surface area (Å²) in [5.74, 6) is -0.175. The maximum absolute atomic E-state index is 12.9. The highest BCUT2D eigenvalue weighted by Gasteiger charge is 2.44. The van der Waals surface area contributed by atoms with Crippen molar-refractivity contribution in [3.05, 3.63) is 12.2 Å². The number of aliphatic hydroxyl groups excluding tert-OH is 5. The van der Waals surface area contributed by atoms with E-state index < -0.39 is 49.5 Å². The molecule has 1 amide bonds. The molecule has 6 N–H and O–H groups in total. The Kier molecular flexibility index (Phi) is 34.2. The van der Waals surface area contributed by atoms with E-state index in [4.69, 9.17) is 9.47 Å². The van der Waals surface area contributed by atoms with Gasteiger partial charge in [0.05, 0.1) is 25.4 Å². The Morgan fingerprint density at radius 1 is 0.611 bits per heavy atom. The van der Waals surface area contributed by atoms with Gasteiger partial charge in [-0.3, -0.25) is 4.79 Å². The molecule has 0 aromatic carbocycles. The molecule has 9 nitrogen and oxygen atoms in total. The first-order valence-electron chi connectivity index (χ1n) is 22.9. The Morgan fingerprint density at radius 2 is 1.02 bits per heavy atom. The van der Waals surface area contributed by atoms with Crippen LogP contribution in [0.3, 0.4) is 0 Å². The zero-order valence-electron chi connectivity index (χ0n) is 35.0. The van der Waals surface area contributed by atoms with E-state index >= 15 is 0 Å². The van der Waals surface area contributed by atoms with Gasteiger partial charge >= 0.3 is 0 Å². The molecule has 7 unspecified atom stereocenters. The molecule has 0 aromatic rings. The second kappa shape index (κ2) is 36.3. The molecule has 0 radical (unpaired) electrons. The lowest BCUT2D eigenvalue weighted by atomic mass is 9.99. The topological polar surface area (TPSA) is 149 Å². The number of ether oxygens (including phenoxy) is 2. The molecule has 1 fully saturated rings. The van der Waals surface area contributed by atoms with E-state index in [0.717, 1.165) is 38.5 Å². The van der Waals surface area contributed by atoms with Crippen molar-refractivity contribution in [1.29, 1.82) is 0 Å². The van der Waals surface area contributed by atoms with Gasteiger partial charge in [-0.15, -0.1) is 0 Å². The molecule has 1 aliphatic heterocycles. The minimum atomic E-state index is -1.56. The van der Waals surface area contributed by atoms with Crippen molar-refractivity contribution >= 4 is 5.91 Å². The second-order valence-electron chi connectivity index (χ2n) is 16.2. The van der Waals surface area contributed by atoms with Crippen LogP contribution in [0.1, 0.15) is 213 Å². The predicted molar refractivity (Wildman–Crippen MR) is 221 cm³/mol. The lowest BCUT2D eigenvalue weighted by Crippen LogP contribution is -2.60. The summed E-state index contributed by atoms with van der Waals surface area (Å²) in [6.45, 7) is 3.77. The molecule has 1 saturated heterocycles. The fourth-order valence-electron chi connectivity index (χ4n) is 7.39. The summed E-state index contributed by atoms with van der Waals surface area (Å²) in [4.78, 5) is 12.9. The maximum Gasteiger partial charge on any atom is 0.220 e. The Bertz CT molecular complexity index is 858. The minimum Gasteiger partial charge on any atom is -0.394 e. The van der Waals surface area contributed by atoms with E-state index in [1.165, 1.54) is 154 Å². The normalized spacial score (nSPS) is 21.5. The van der Waals surface area contributed by atoms with Gasteiger partial charge in [0.1, 0.15) is 24.4 Å². The number of carbonyl (C=O) groups is 1. The summed E-state index contributed by atoms with van der Waals surface area (Å²) in [7, 11) is 0. The minimum absolute atomic E-state index is 0.175. The predicted octanol–water partition coefficient (Wildman–Crippen LogP) is 9.34. The van der Waals surface area contributed by atoms with Crippen molar-refractivity contribution in [3.63, 3.8) is 0 Å². The maximum atomic E-state index is 12.9. The number of unbranched alkanes of at least 4 members (excludes halogenated alkanes) is 28. The summed E-state index contributed by atoms with van der Waals surface area (Å²) < 4.78 is 11.2. The van der Waals surface area contributed by atoms with Gasteiger partial charge < -0.3 is 40.3 Å². The summed E-state index contributed by atoms with van der Waals surface area (Å²) in [5, 5.41) is 54.1. The van der Waals surface area contributed by atoms with Crippen molar-refractivity contribution in [2.75, 3.05) is 13.2 Å². The number of carbonyl (C=O) groups excluding carboxylic acids is 1. The van der Waals surface area contributed by atoms with Gasteiger partial charge in [0.25, 0.3) is 0 Å². The molecule has 0 saturated carbocycles. The van der Waals surface area contributed by atoms with Gasteiger partial charge in [-0.1, -0.05) is 199 Å². The van der Waals surface area contributed by atoms with Crippen LogP contribution in [-0.2, 0) is 14.3 Å².